The first-order valence-electron chi connectivity index (χ1n) is 8.48. The Morgan fingerprint density at radius 3 is 2.65 bits per heavy atom. The van der Waals surface area contributed by atoms with Gasteiger partial charge in [0, 0.05) is 22.8 Å². The number of carbonyl (C=O) groups excluding carboxylic acids is 1. The number of benzene rings is 1. The van der Waals surface area contributed by atoms with E-state index in [4.69, 9.17) is 21.1 Å². The Morgan fingerprint density at radius 1 is 1.23 bits per heavy atom. The summed E-state index contributed by atoms with van der Waals surface area (Å²) in [5.41, 5.74) is 0.577. The van der Waals surface area contributed by atoms with E-state index < -0.39 is 0 Å². The van der Waals surface area contributed by atoms with Crippen LogP contribution in [0.15, 0.2) is 41.0 Å². The van der Waals surface area contributed by atoms with E-state index in [1.165, 1.54) is 0 Å². The van der Waals surface area contributed by atoms with Crippen LogP contribution in [0.1, 0.15) is 36.0 Å². The average molecular weight is 440 g/mol. The zero-order chi connectivity index (χ0) is 18.5. The maximum atomic E-state index is 12.6. The Labute approximate surface area is 166 Å². The molecular weight excluding hydrogens is 420 g/mol. The maximum Gasteiger partial charge on any atom is 0.252 e. The molecule has 1 fully saturated rings. The molecule has 0 atom stereocenters. The minimum absolute atomic E-state index is 0.0977. The quantitative estimate of drug-likeness (QED) is 0.738. The minimum Gasteiger partial charge on any atom is -0.497 e. The molecule has 138 valence electrons. The van der Waals surface area contributed by atoms with Crippen molar-refractivity contribution in [3.8, 4) is 11.6 Å². The Hall–Kier alpha value is -1.79. The fraction of sp³-hybridized carbons (Fsp3) is 0.368. The third-order valence-corrected chi connectivity index (χ3v) is 5.33. The highest BCUT2D eigenvalue weighted by Crippen LogP contribution is 2.26. The molecule has 0 bridgehead atoms. The van der Waals surface area contributed by atoms with E-state index in [0.29, 0.717) is 22.2 Å². The summed E-state index contributed by atoms with van der Waals surface area (Å²) in [7, 11) is 1.59. The van der Waals surface area contributed by atoms with Crippen molar-refractivity contribution in [2.75, 3.05) is 7.11 Å². The van der Waals surface area contributed by atoms with E-state index in [2.05, 4.69) is 26.2 Å². The van der Waals surface area contributed by atoms with Crippen LogP contribution in [0, 0.1) is 0 Å². The van der Waals surface area contributed by atoms with Crippen LogP contribution in [0.4, 0.5) is 0 Å². The monoisotopic (exact) mass is 438 g/mol. The fourth-order valence-corrected chi connectivity index (χ4v) is 3.53. The third-order valence-electron chi connectivity index (χ3n) is 4.42. The molecule has 1 saturated carbocycles. The van der Waals surface area contributed by atoms with Gasteiger partial charge in [-0.2, -0.15) is 0 Å². The van der Waals surface area contributed by atoms with Crippen molar-refractivity contribution >= 4 is 33.4 Å². The molecule has 1 aromatic carbocycles. The lowest BCUT2D eigenvalue weighted by atomic mass is 9.92. The van der Waals surface area contributed by atoms with Gasteiger partial charge in [0.1, 0.15) is 11.9 Å². The van der Waals surface area contributed by atoms with Crippen LogP contribution in [0.2, 0.25) is 5.02 Å². The van der Waals surface area contributed by atoms with Gasteiger partial charge in [0.25, 0.3) is 5.91 Å². The Kier molecular flexibility index (Phi) is 6.38. The summed E-state index contributed by atoms with van der Waals surface area (Å²) >= 11 is 9.26. The molecule has 1 heterocycles. The van der Waals surface area contributed by atoms with Gasteiger partial charge in [0.05, 0.1) is 17.7 Å². The standard InChI is InChI=1S/C19H20BrClN2O3/c1-25-15-7-8-17(20)16(10-15)19(24)23-13-3-5-14(6-4-13)26-18-9-2-12(21)11-22-18/h2,7-11,13-14H,3-6H2,1H3,(H,23,24). The lowest BCUT2D eigenvalue weighted by Gasteiger charge is -2.29. The summed E-state index contributed by atoms with van der Waals surface area (Å²) in [6.07, 6.45) is 5.16. The number of nitrogens with one attached hydrogen (secondary N) is 1. The summed E-state index contributed by atoms with van der Waals surface area (Å²) < 4.78 is 11.8. The number of amides is 1. The molecule has 26 heavy (non-hydrogen) atoms. The Morgan fingerprint density at radius 2 is 2.00 bits per heavy atom. The van der Waals surface area contributed by atoms with Gasteiger partial charge in [-0.1, -0.05) is 11.6 Å². The van der Waals surface area contributed by atoms with Crippen molar-refractivity contribution in [1.29, 1.82) is 0 Å². The molecule has 5 nitrogen and oxygen atoms in total. The molecule has 1 aromatic heterocycles. The zero-order valence-electron chi connectivity index (χ0n) is 14.4. The number of hydrogen-bond acceptors (Lipinski definition) is 4. The molecule has 0 saturated heterocycles. The van der Waals surface area contributed by atoms with Crippen LogP contribution in [0.3, 0.4) is 0 Å². The molecule has 7 heteroatoms. The molecule has 1 aliphatic rings. The molecule has 0 radical (unpaired) electrons. The molecule has 1 N–H and O–H groups in total. The number of aromatic nitrogens is 1. The second-order valence-corrected chi connectivity index (χ2v) is 7.52. The number of halogens is 2. The number of methoxy groups -OCH3 is 1. The molecule has 1 aliphatic carbocycles. The highest BCUT2D eigenvalue weighted by atomic mass is 79.9. The second-order valence-electron chi connectivity index (χ2n) is 6.23. The number of carbonyl (C=O) groups is 1. The van der Waals surface area contributed by atoms with Crippen LogP contribution in [-0.4, -0.2) is 30.1 Å². The molecule has 0 unspecified atom stereocenters. The van der Waals surface area contributed by atoms with Gasteiger partial charge in [0.15, 0.2) is 0 Å². The topological polar surface area (TPSA) is 60.5 Å². The first-order chi connectivity index (χ1) is 12.5. The van der Waals surface area contributed by atoms with Crippen LogP contribution >= 0.6 is 27.5 Å². The van der Waals surface area contributed by atoms with Crippen molar-refractivity contribution in [2.24, 2.45) is 0 Å². The van der Waals surface area contributed by atoms with Crippen molar-refractivity contribution in [2.45, 2.75) is 37.8 Å². The van der Waals surface area contributed by atoms with Gasteiger partial charge in [0.2, 0.25) is 5.88 Å². The molecular formula is C19H20BrClN2O3. The highest BCUT2D eigenvalue weighted by molar-refractivity contribution is 9.10. The van der Waals surface area contributed by atoms with Gasteiger partial charge in [-0.3, -0.25) is 4.79 Å². The minimum atomic E-state index is -0.0977. The van der Waals surface area contributed by atoms with E-state index in [1.807, 2.05) is 12.1 Å². The van der Waals surface area contributed by atoms with E-state index in [9.17, 15) is 4.79 Å². The van der Waals surface area contributed by atoms with E-state index in [-0.39, 0.29) is 18.1 Å². The number of hydrogen-bond donors (Lipinski definition) is 1. The lowest BCUT2D eigenvalue weighted by Crippen LogP contribution is -2.39. The summed E-state index contributed by atoms with van der Waals surface area (Å²) in [5, 5.41) is 3.70. The first-order valence-corrected chi connectivity index (χ1v) is 9.65. The van der Waals surface area contributed by atoms with Gasteiger partial charge in [-0.15, -0.1) is 0 Å². The largest absolute Gasteiger partial charge is 0.497 e. The van der Waals surface area contributed by atoms with Gasteiger partial charge >= 0.3 is 0 Å². The predicted molar refractivity (Wildman–Crippen MR) is 104 cm³/mol. The SMILES string of the molecule is COc1ccc(Br)c(C(=O)NC2CCC(Oc3ccc(Cl)cn3)CC2)c1. The van der Waals surface area contributed by atoms with Crippen LogP contribution in [0.25, 0.3) is 0 Å². The van der Waals surface area contributed by atoms with Crippen LogP contribution in [0.5, 0.6) is 11.6 Å². The number of ether oxygens (including phenoxy) is 2. The fourth-order valence-electron chi connectivity index (χ4n) is 3.00. The maximum absolute atomic E-state index is 12.6. The smallest absolute Gasteiger partial charge is 0.252 e. The third kappa shape index (κ3) is 4.89. The molecule has 2 aromatic rings. The van der Waals surface area contributed by atoms with Gasteiger partial charge in [-0.25, -0.2) is 4.98 Å². The van der Waals surface area contributed by atoms with Crippen LogP contribution in [-0.2, 0) is 0 Å². The molecule has 0 spiro atoms. The van der Waals surface area contributed by atoms with Gasteiger partial charge < -0.3 is 14.8 Å². The summed E-state index contributed by atoms with van der Waals surface area (Å²) in [4.78, 5) is 16.7. The molecule has 3 rings (SSSR count). The van der Waals surface area contributed by atoms with Crippen molar-refractivity contribution in [3.05, 3.63) is 51.6 Å². The van der Waals surface area contributed by atoms with E-state index >= 15 is 0 Å². The second kappa shape index (κ2) is 8.73. The lowest BCUT2D eigenvalue weighted by molar-refractivity contribution is 0.0889. The predicted octanol–water partition coefficient (Wildman–Crippen LogP) is 4.63. The number of pyridine rings is 1. The summed E-state index contributed by atoms with van der Waals surface area (Å²) in [6, 6.07) is 9.04. The number of rotatable bonds is 5. The Bertz CT molecular complexity index is 762. The van der Waals surface area contributed by atoms with Crippen molar-refractivity contribution in [1.82, 2.24) is 10.3 Å². The van der Waals surface area contributed by atoms with Crippen molar-refractivity contribution in [3.63, 3.8) is 0 Å². The highest BCUT2D eigenvalue weighted by Gasteiger charge is 2.25. The van der Waals surface area contributed by atoms with Crippen molar-refractivity contribution < 1.29 is 14.3 Å². The van der Waals surface area contributed by atoms with Crippen LogP contribution < -0.4 is 14.8 Å². The van der Waals surface area contributed by atoms with E-state index in [0.717, 1.165) is 30.2 Å². The average Bonchev–Trinajstić information content (AvgIpc) is 2.65. The van der Waals surface area contributed by atoms with E-state index in [1.54, 1.807) is 31.5 Å². The zero-order valence-corrected chi connectivity index (χ0v) is 16.7. The summed E-state index contributed by atoms with van der Waals surface area (Å²) in [5.74, 6) is 1.15. The number of nitrogens with zero attached hydrogens (tertiary/aromatic N) is 1. The normalized spacial score (nSPS) is 19.7. The summed E-state index contributed by atoms with van der Waals surface area (Å²) in [6.45, 7) is 0. The molecule has 1 amide bonds. The van der Waals surface area contributed by atoms with Gasteiger partial charge in [-0.05, 0) is 65.9 Å². The molecule has 0 aliphatic heterocycles. The Balaban J connectivity index is 1.52. The first kappa shape index (κ1) is 19.0.